The molecule has 1 amide bonds. The summed E-state index contributed by atoms with van der Waals surface area (Å²) in [6.45, 7) is 6.63. The van der Waals surface area contributed by atoms with E-state index in [-0.39, 0.29) is 11.9 Å². The van der Waals surface area contributed by atoms with Crippen molar-refractivity contribution in [1.82, 2.24) is 9.80 Å². The van der Waals surface area contributed by atoms with Crippen LogP contribution in [0.2, 0.25) is 0 Å². The molecule has 0 saturated carbocycles. The monoisotopic (exact) mass is 362 g/mol. The average Bonchev–Trinajstić information content (AvgIpc) is 2.75. The van der Waals surface area contributed by atoms with Crippen molar-refractivity contribution in [2.45, 2.75) is 38.6 Å². The van der Waals surface area contributed by atoms with Gasteiger partial charge in [-0.3, -0.25) is 4.79 Å². The van der Waals surface area contributed by atoms with Gasteiger partial charge in [-0.2, -0.15) is 0 Å². The lowest BCUT2D eigenvalue weighted by Crippen LogP contribution is -2.41. The van der Waals surface area contributed by atoms with Crippen LogP contribution in [0.5, 0.6) is 0 Å². The number of fused-ring (bicyclic) bond motifs is 4. The lowest BCUT2D eigenvalue weighted by atomic mass is 9.88. The first-order chi connectivity index (χ1) is 13.2. The Bertz CT molecular complexity index is 742. The van der Waals surface area contributed by atoms with Crippen LogP contribution >= 0.6 is 0 Å². The van der Waals surface area contributed by atoms with Gasteiger partial charge in [-0.25, -0.2) is 0 Å². The predicted octanol–water partition coefficient (Wildman–Crippen LogP) is 4.28. The summed E-state index contributed by atoms with van der Waals surface area (Å²) in [5.74, 6) is 1.25. The summed E-state index contributed by atoms with van der Waals surface area (Å²) in [4.78, 5) is 16.5. The largest absolute Gasteiger partial charge is 0.331 e. The van der Waals surface area contributed by atoms with Crippen LogP contribution in [0.3, 0.4) is 0 Å². The van der Waals surface area contributed by atoms with Crippen LogP contribution in [0.15, 0.2) is 54.6 Å². The van der Waals surface area contributed by atoms with Crippen LogP contribution in [0.25, 0.3) is 0 Å². The molecule has 27 heavy (non-hydrogen) atoms. The zero-order valence-corrected chi connectivity index (χ0v) is 16.3. The Morgan fingerprint density at radius 2 is 1.48 bits per heavy atom. The standard InChI is InChI=1S/C17H17NO.C7H13N/c1-13(19)18-12-11-14-7-5-6-10-16(14)17(18)15-8-3-2-4-9-15;1-4-8-5-2-7(1)3-6-8/h2-10,17H,11-12H2,1H3;7H,1-6H2. The molecule has 6 rings (SSSR count). The van der Waals surface area contributed by atoms with Gasteiger partial charge in [0.15, 0.2) is 0 Å². The summed E-state index contributed by atoms with van der Waals surface area (Å²) < 4.78 is 0. The highest BCUT2D eigenvalue weighted by Crippen LogP contribution is 2.34. The highest BCUT2D eigenvalue weighted by Gasteiger charge is 2.29. The summed E-state index contributed by atoms with van der Waals surface area (Å²) in [7, 11) is 0. The molecule has 0 aromatic heterocycles. The fourth-order valence-electron chi connectivity index (χ4n) is 4.76. The molecule has 2 aromatic rings. The average molecular weight is 363 g/mol. The molecule has 3 saturated heterocycles. The molecule has 3 nitrogen and oxygen atoms in total. The van der Waals surface area contributed by atoms with Crippen molar-refractivity contribution in [3.63, 3.8) is 0 Å². The number of piperidine rings is 3. The van der Waals surface area contributed by atoms with Crippen LogP contribution in [0.4, 0.5) is 0 Å². The Morgan fingerprint density at radius 3 is 2.04 bits per heavy atom. The van der Waals surface area contributed by atoms with Gasteiger partial charge >= 0.3 is 0 Å². The maximum atomic E-state index is 11.9. The first-order valence-corrected chi connectivity index (χ1v) is 10.3. The van der Waals surface area contributed by atoms with Crippen LogP contribution in [0.1, 0.15) is 48.9 Å². The summed E-state index contributed by atoms with van der Waals surface area (Å²) in [6.07, 6.45) is 5.40. The van der Waals surface area contributed by atoms with E-state index in [1.54, 1.807) is 6.92 Å². The van der Waals surface area contributed by atoms with Gasteiger partial charge in [0.1, 0.15) is 0 Å². The summed E-state index contributed by atoms with van der Waals surface area (Å²) in [5.41, 5.74) is 3.80. The van der Waals surface area contributed by atoms with E-state index in [1.807, 2.05) is 23.1 Å². The maximum absolute atomic E-state index is 11.9. The molecule has 4 aliphatic heterocycles. The second-order valence-electron chi connectivity index (χ2n) is 8.05. The highest BCUT2D eigenvalue weighted by atomic mass is 16.2. The Balaban J connectivity index is 0.000000186. The van der Waals surface area contributed by atoms with E-state index in [0.717, 1.165) is 18.9 Å². The fraction of sp³-hybridized carbons (Fsp3) is 0.458. The molecule has 4 heterocycles. The van der Waals surface area contributed by atoms with E-state index in [4.69, 9.17) is 0 Å². The highest BCUT2D eigenvalue weighted by molar-refractivity contribution is 5.75. The van der Waals surface area contributed by atoms with E-state index in [0.29, 0.717) is 0 Å². The molecule has 2 aromatic carbocycles. The zero-order valence-electron chi connectivity index (χ0n) is 16.3. The Labute approximate surface area is 163 Å². The van der Waals surface area contributed by atoms with E-state index >= 15 is 0 Å². The number of carbonyl (C=O) groups is 1. The van der Waals surface area contributed by atoms with Crippen molar-refractivity contribution >= 4 is 5.91 Å². The minimum Gasteiger partial charge on any atom is -0.331 e. The van der Waals surface area contributed by atoms with E-state index in [9.17, 15) is 4.79 Å². The SMILES string of the molecule is C1CN2CCC1CC2.CC(=O)N1CCc2ccccc2C1c1ccccc1. The topological polar surface area (TPSA) is 23.6 Å². The number of benzene rings is 2. The maximum Gasteiger partial charge on any atom is 0.220 e. The minimum atomic E-state index is 0.0589. The fourth-order valence-corrected chi connectivity index (χ4v) is 4.76. The molecule has 0 aliphatic carbocycles. The normalized spacial score (nSPS) is 26.0. The number of nitrogens with zero attached hydrogens (tertiary/aromatic N) is 2. The van der Waals surface area contributed by atoms with E-state index in [2.05, 4.69) is 41.3 Å². The molecular weight excluding hydrogens is 332 g/mol. The summed E-state index contributed by atoms with van der Waals surface area (Å²) in [6, 6.07) is 18.8. The van der Waals surface area contributed by atoms with Crippen LogP contribution in [-0.4, -0.2) is 41.9 Å². The lowest BCUT2D eigenvalue weighted by Gasteiger charge is -2.38. The molecule has 1 unspecified atom stereocenters. The molecule has 2 bridgehead atoms. The van der Waals surface area contributed by atoms with Gasteiger partial charge in [-0.15, -0.1) is 0 Å². The molecule has 3 fully saturated rings. The molecule has 3 heteroatoms. The van der Waals surface area contributed by atoms with Crippen molar-refractivity contribution in [2.75, 3.05) is 26.2 Å². The van der Waals surface area contributed by atoms with Gasteiger partial charge in [0.25, 0.3) is 0 Å². The van der Waals surface area contributed by atoms with Crippen molar-refractivity contribution < 1.29 is 4.79 Å². The number of carbonyl (C=O) groups excluding carboxylic acids is 1. The van der Waals surface area contributed by atoms with Gasteiger partial charge in [0.05, 0.1) is 6.04 Å². The number of hydrogen-bond acceptors (Lipinski definition) is 2. The molecular formula is C24H30N2O. The number of rotatable bonds is 1. The first kappa shape index (κ1) is 18.2. The van der Waals surface area contributed by atoms with Gasteiger partial charge in [-0.05, 0) is 67.9 Å². The Morgan fingerprint density at radius 1 is 0.852 bits per heavy atom. The van der Waals surface area contributed by atoms with Gasteiger partial charge in [-0.1, -0.05) is 54.6 Å². The van der Waals surface area contributed by atoms with Crippen molar-refractivity contribution in [2.24, 2.45) is 5.92 Å². The van der Waals surface area contributed by atoms with Gasteiger partial charge in [0.2, 0.25) is 5.91 Å². The minimum absolute atomic E-state index is 0.0589. The van der Waals surface area contributed by atoms with Gasteiger partial charge < -0.3 is 9.80 Å². The third-order valence-corrected chi connectivity index (χ3v) is 6.36. The van der Waals surface area contributed by atoms with Crippen molar-refractivity contribution in [3.8, 4) is 0 Å². The number of amides is 1. The third-order valence-electron chi connectivity index (χ3n) is 6.36. The molecule has 0 spiro atoms. The Kier molecular flexibility index (Phi) is 5.58. The van der Waals surface area contributed by atoms with Crippen LogP contribution in [-0.2, 0) is 11.2 Å². The molecule has 0 N–H and O–H groups in total. The van der Waals surface area contributed by atoms with Crippen LogP contribution in [0, 0.1) is 5.92 Å². The van der Waals surface area contributed by atoms with Gasteiger partial charge in [0, 0.05) is 13.5 Å². The molecule has 4 aliphatic rings. The third kappa shape index (κ3) is 4.08. The predicted molar refractivity (Wildman–Crippen MR) is 110 cm³/mol. The second kappa shape index (κ2) is 8.26. The van der Waals surface area contributed by atoms with Crippen molar-refractivity contribution in [3.05, 3.63) is 71.3 Å². The van der Waals surface area contributed by atoms with Crippen molar-refractivity contribution in [1.29, 1.82) is 0 Å². The lowest BCUT2D eigenvalue weighted by molar-refractivity contribution is -0.130. The summed E-state index contributed by atoms with van der Waals surface area (Å²) in [5, 5.41) is 0. The number of hydrogen-bond donors (Lipinski definition) is 0. The van der Waals surface area contributed by atoms with Crippen LogP contribution < -0.4 is 0 Å². The smallest absolute Gasteiger partial charge is 0.220 e. The van der Waals surface area contributed by atoms with E-state index in [1.165, 1.54) is 55.6 Å². The molecule has 0 radical (unpaired) electrons. The second-order valence-corrected chi connectivity index (χ2v) is 8.05. The molecule has 142 valence electrons. The Hall–Kier alpha value is -2.13. The zero-order chi connectivity index (χ0) is 18.6. The summed E-state index contributed by atoms with van der Waals surface area (Å²) >= 11 is 0. The van der Waals surface area contributed by atoms with E-state index < -0.39 is 0 Å². The quantitative estimate of drug-likeness (QED) is 0.756. The molecule has 1 atom stereocenters. The first-order valence-electron chi connectivity index (χ1n) is 10.3.